The maximum atomic E-state index is 11.2. The van der Waals surface area contributed by atoms with Crippen molar-refractivity contribution in [1.82, 2.24) is 4.90 Å². The van der Waals surface area contributed by atoms with Gasteiger partial charge in [-0.05, 0) is 31.0 Å². The molecule has 1 amide bonds. The zero-order valence-electron chi connectivity index (χ0n) is 10.4. The summed E-state index contributed by atoms with van der Waals surface area (Å²) < 4.78 is 10.6. The summed E-state index contributed by atoms with van der Waals surface area (Å²) >= 11 is 0. The average molecular weight is 235 g/mol. The van der Waals surface area contributed by atoms with Crippen LogP contribution in [0.25, 0.3) is 0 Å². The summed E-state index contributed by atoms with van der Waals surface area (Å²) in [5, 5.41) is 0. The molecular weight excluding hydrogens is 218 g/mol. The highest BCUT2D eigenvalue weighted by atomic mass is 16.7. The third kappa shape index (κ3) is 2.52. The zero-order chi connectivity index (χ0) is 12.4. The van der Waals surface area contributed by atoms with Gasteiger partial charge in [-0.3, -0.25) is 4.79 Å². The quantitative estimate of drug-likeness (QED) is 0.802. The molecule has 1 aliphatic heterocycles. The van der Waals surface area contributed by atoms with E-state index in [2.05, 4.69) is 0 Å². The van der Waals surface area contributed by atoms with Gasteiger partial charge in [0.15, 0.2) is 11.5 Å². The number of carbonyl (C=O) groups excluding carboxylic acids is 1. The van der Waals surface area contributed by atoms with Gasteiger partial charge in [0.2, 0.25) is 12.7 Å². The Morgan fingerprint density at radius 1 is 1.41 bits per heavy atom. The van der Waals surface area contributed by atoms with E-state index in [4.69, 9.17) is 9.47 Å². The van der Waals surface area contributed by atoms with Crippen LogP contribution < -0.4 is 9.47 Å². The van der Waals surface area contributed by atoms with Gasteiger partial charge < -0.3 is 14.4 Å². The summed E-state index contributed by atoms with van der Waals surface area (Å²) in [6.45, 7) is 3.91. The lowest BCUT2D eigenvalue weighted by molar-refractivity contribution is -0.129. The molecule has 1 aromatic rings. The maximum absolute atomic E-state index is 11.2. The van der Waals surface area contributed by atoms with Crippen LogP contribution in [0.5, 0.6) is 11.5 Å². The molecule has 17 heavy (non-hydrogen) atoms. The van der Waals surface area contributed by atoms with Crippen molar-refractivity contribution in [2.24, 2.45) is 0 Å². The number of amides is 1. The maximum Gasteiger partial charge on any atom is 0.231 e. The molecule has 1 heterocycles. The number of fused-ring (bicyclic) bond motifs is 1. The lowest BCUT2D eigenvalue weighted by Gasteiger charge is -2.23. The number of carbonyl (C=O) groups is 1. The Morgan fingerprint density at radius 3 is 2.82 bits per heavy atom. The number of hydrogen-bond acceptors (Lipinski definition) is 3. The molecule has 1 atom stereocenters. The van der Waals surface area contributed by atoms with Gasteiger partial charge in [0, 0.05) is 20.0 Å². The molecule has 0 N–H and O–H groups in total. The SMILES string of the molecule is CC(=O)N(C)[C@H](C)Cc1ccc2c(c1)OCO2. The summed E-state index contributed by atoms with van der Waals surface area (Å²) in [7, 11) is 1.82. The summed E-state index contributed by atoms with van der Waals surface area (Å²) in [4.78, 5) is 13.0. The molecule has 1 aromatic carbocycles. The summed E-state index contributed by atoms with van der Waals surface area (Å²) in [5.74, 6) is 1.67. The molecule has 0 spiro atoms. The van der Waals surface area contributed by atoms with E-state index < -0.39 is 0 Å². The number of nitrogens with zero attached hydrogens (tertiary/aromatic N) is 1. The van der Waals surface area contributed by atoms with Gasteiger partial charge in [-0.15, -0.1) is 0 Å². The molecule has 2 rings (SSSR count). The summed E-state index contributed by atoms with van der Waals surface area (Å²) in [6.07, 6.45) is 0.812. The van der Waals surface area contributed by atoms with E-state index in [0.29, 0.717) is 6.79 Å². The van der Waals surface area contributed by atoms with Crippen molar-refractivity contribution in [3.05, 3.63) is 23.8 Å². The van der Waals surface area contributed by atoms with Gasteiger partial charge >= 0.3 is 0 Å². The van der Waals surface area contributed by atoms with Gasteiger partial charge in [0.25, 0.3) is 0 Å². The molecule has 92 valence electrons. The lowest BCUT2D eigenvalue weighted by Crippen LogP contribution is -2.34. The van der Waals surface area contributed by atoms with Gasteiger partial charge in [0.1, 0.15) is 0 Å². The Hall–Kier alpha value is -1.71. The van der Waals surface area contributed by atoms with Crippen molar-refractivity contribution in [2.45, 2.75) is 26.3 Å². The third-order valence-corrected chi connectivity index (χ3v) is 3.13. The molecule has 0 aromatic heterocycles. The van der Waals surface area contributed by atoms with E-state index in [9.17, 15) is 4.79 Å². The standard InChI is InChI=1S/C13H17NO3/c1-9(14(3)10(2)15)6-11-4-5-12-13(7-11)17-8-16-12/h4-5,7,9H,6,8H2,1-3H3/t9-/m1/s1. The highest BCUT2D eigenvalue weighted by Gasteiger charge is 2.16. The van der Waals surface area contributed by atoms with Crippen molar-refractivity contribution >= 4 is 5.91 Å². The molecule has 0 fully saturated rings. The number of hydrogen-bond donors (Lipinski definition) is 0. The molecule has 0 saturated carbocycles. The average Bonchev–Trinajstić information content (AvgIpc) is 2.74. The molecule has 0 bridgehead atoms. The zero-order valence-corrected chi connectivity index (χ0v) is 10.4. The van der Waals surface area contributed by atoms with E-state index in [1.165, 1.54) is 0 Å². The fraction of sp³-hybridized carbons (Fsp3) is 0.462. The summed E-state index contributed by atoms with van der Waals surface area (Å²) in [6, 6.07) is 6.08. The molecule has 1 aliphatic rings. The van der Waals surface area contributed by atoms with Crippen LogP contribution in [-0.4, -0.2) is 30.7 Å². The van der Waals surface area contributed by atoms with Gasteiger partial charge in [-0.2, -0.15) is 0 Å². The van der Waals surface area contributed by atoms with Crippen LogP contribution in [-0.2, 0) is 11.2 Å². The van der Waals surface area contributed by atoms with Crippen LogP contribution in [0.3, 0.4) is 0 Å². The van der Waals surface area contributed by atoms with E-state index in [1.807, 2.05) is 32.2 Å². The van der Waals surface area contributed by atoms with E-state index in [-0.39, 0.29) is 11.9 Å². The number of rotatable bonds is 3. The van der Waals surface area contributed by atoms with Gasteiger partial charge in [-0.1, -0.05) is 6.07 Å². The molecule has 4 nitrogen and oxygen atoms in total. The van der Waals surface area contributed by atoms with Crippen molar-refractivity contribution < 1.29 is 14.3 Å². The largest absolute Gasteiger partial charge is 0.454 e. The Labute approximate surface area is 101 Å². The van der Waals surface area contributed by atoms with E-state index in [1.54, 1.807) is 11.8 Å². The van der Waals surface area contributed by atoms with Gasteiger partial charge in [0.05, 0.1) is 0 Å². The fourth-order valence-electron chi connectivity index (χ4n) is 1.86. The first-order chi connectivity index (χ1) is 8.08. The van der Waals surface area contributed by atoms with Crippen molar-refractivity contribution in [3.63, 3.8) is 0 Å². The Morgan fingerprint density at radius 2 is 2.12 bits per heavy atom. The van der Waals surface area contributed by atoms with Crippen molar-refractivity contribution in [2.75, 3.05) is 13.8 Å². The lowest BCUT2D eigenvalue weighted by atomic mass is 10.1. The number of likely N-dealkylation sites (N-methyl/N-ethyl adjacent to an activating group) is 1. The second kappa shape index (κ2) is 4.65. The topological polar surface area (TPSA) is 38.8 Å². The second-order valence-electron chi connectivity index (χ2n) is 4.37. The third-order valence-electron chi connectivity index (χ3n) is 3.13. The Kier molecular flexibility index (Phi) is 3.22. The highest BCUT2D eigenvalue weighted by Crippen LogP contribution is 2.32. The summed E-state index contributed by atoms with van der Waals surface area (Å²) in [5.41, 5.74) is 1.15. The van der Waals surface area contributed by atoms with E-state index >= 15 is 0 Å². The first-order valence-corrected chi connectivity index (χ1v) is 5.70. The molecular formula is C13H17NO3. The Bertz CT molecular complexity index is 431. The minimum Gasteiger partial charge on any atom is -0.454 e. The number of benzene rings is 1. The minimum atomic E-state index is 0.0817. The molecule has 0 aliphatic carbocycles. The molecule has 0 unspecified atom stereocenters. The normalized spacial score (nSPS) is 14.5. The van der Waals surface area contributed by atoms with Crippen LogP contribution in [0, 0.1) is 0 Å². The monoisotopic (exact) mass is 235 g/mol. The first-order valence-electron chi connectivity index (χ1n) is 5.70. The molecule has 4 heteroatoms. The van der Waals surface area contributed by atoms with Crippen LogP contribution in [0.4, 0.5) is 0 Å². The Balaban J connectivity index is 2.06. The molecule has 0 radical (unpaired) electrons. The van der Waals surface area contributed by atoms with Crippen LogP contribution in [0.2, 0.25) is 0 Å². The minimum absolute atomic E-state index is 0.0817. The first kappa shape index (κ1) is 11.8. The predicted octanol–water partition coefficient (Wildman–Crippen LogP) is 1.82. The van der Waals surface area contributed by atoms with Gasteiger partial charge in [-0.25, -0.2) is 0 Å². The predicted molar refractivity (Wildman–Crippen MR) is 64.2 cm³/mol. The van der Waals surface area contributed by atoms with Crippen LogP contribution >= 0.6 is 0 Å². The number of ether oxygens (including phenoxy) is 2. The highest BCUT2D eigenvalue weighted by molar-refractivity contribution is 5.73. The van der Waals surface area contributed by atoms with Crippen molar-refractivity contribution in [3.8, 4) is 11.5 Å². The fourth-order valence-corrected chi connectivity index (χ4v) is 1.86. The van der Waals surface area contributed by atoms with Crippen LogP contribution in [0.1, 0.15) is 19.4 Å². The van der Waals surface area contributed by atoms with E-state index in [0.717, 1.165) is 23.5 Å². The van der Waals surface area contributed by atoms with Crippen LogP contribution in [0.15, 0.2) is 18.2 Å². The second-order valence-corrected chi connectivity index (χ2v) is 4.37. The van der Waals surface area contributed by atoms with Crippen molar-refractivity contribution in [1.29, 1.82) is 0 Å². The molecule has 0 saturated heterocycles. The smallest absolute Gasteiger partial charge is 0.231 e.